The van der Waals surface area contributed by atoms with E-state index in [1.165, 1.54) is 0 Å². The third-order valence-electron chi connectivity index (χ3n) is 2.18. The van der Waals surface area contributed by atoms with Gasteiger partial charge in [0.05, 0.1) is 0 Å². The number of nitrogens with one attached hydrogen (secondary N) is 2. The number of amides is 3. The van der Waals surface area contributed by atoms with Crippen LogP contribution < -0.4 is 15.4 Å². The molecule has 0 aromatic heterocycles. The summed E-state index contributed by atoms with van der Waals surface area (Å²) in [6.45, 7) is 3.69. The molecule has 1 aromatic carbocycles. The number of benzene rings is 1. The van der Waals surface area contributed by atoms with E-state index in [1.807, 2.05) is 19.2 Å². The van der Waals surface area contributed by atoms with Gasteiger partial charge in [0.2, 0.25) is 0 Å². The topological polar surface area (TPSA) is 67.4 Å². The van der Waals surface area contributed by atoms with E-state index in [2.05, 4.69) is 5.32 Å². The molecule has 0 bridgehead atoms. The van der Waals surface area contributed by atoms with Crippen LogP contribution in [0.1, 0.15) is 13.8 Å². The molecule has 0 saturated heterocycles. The second kappa shape index (κ2) is 7.42. The summed E-state index contributed by atoms with van der Waals surface area (Å²) < 4.78 is 30.7. The minimum Gasteiger partial charge on any atom is -0.481 e. The summed E-state index contributed by atoms with van der Waals surface area (Å²) in [5.41, 5.74) is 0. The van der Waals surface area contributed by atoms with Crippen molar-refractivity contribution in [3.8, 4) is 5.75 Å². The molecule has 0 aliphatic rings. The van der Waals surface area contributed by atoms with E-state index in [9.17, 15) is 18.4 Å². The zero-order valence-corrected chi connectivity index (χ0v) is 11.2. The Morgan fingerprint density at radius 2 is 2.00 bits per heavy atom. The Morgan fingerprint density at radius 1 is 1.30 bits per heavy atom. The summed E-state index contributed by atoms with van der Waals surface area (Å²) in [6, 6.07) is 2.07. The highest BCUT2D eigenvalue weighted by Crippen LogP contribution is 2.17. The van der Waals surface area contributed by atoms with E-state index in [1.54, 1.807) is 0 Å². The predicted molar refractivity (Wildman–Crippen MR) is 68.2 cm³/mol. The lowest BCUT2D eigenvalue weighted by Gasteiger charge is -2.09. The number of hydrogen-bond donors (Lipinski definition) is 2. The maximum Gasteiger partial charge on any atom is 0.321 e. The van der Waals surface area contributed by atoms with Gasteiger partial charge in [0.25, 0.3) is 5.91 Å². The molecular formula is C13H16F2N2O3. The van der Waals surface area contributed by atoms with E-state index < -0.39 is 30.2 Å². The third kappa shape index (κ3) is 5.64. The highest BCUT2D eigenvalue weighted by molar-refractivity contribution is 5.94. The molecule has 1 aromatic rings. The molecule has 3 amide bonds. The fraction of sp³-hybridized carbons (Fsp3) is 0.385. The first-order valence-electron chi connectivity index (χ1n) is 6.04. The van der Waals surface area contributed by atoms with Gasteiger partial charge in [-0.2, -0.15) is 0 Å². The summed E-state index contributed by atoms with van der Waals surface area (Å²) in [4.78, 5) is 22.6. The SMILES string of the molecule is CC(C)CNC(=O)NC(=O)COc1ccc(F)cc1F. The Kier molecular flexibility index (Phi) is 5.89. The molecule has 1 rings (SSSR count). The molecule has 0 saturated carbocycles. The number of hydrogen-bond acceptors (Lipinski definition) is 3. The molecule has 2 N–H and O–H groups in total. The Labute approximate surface area is 115 Å². The van der Waals surface area contributed by atoms with Crippen LogP contribution in [0.25, 0.3) is 0 Å². The van der Waals surface area contributed by atoms with Crippen molar-refractivity contribution in [2.75, 3.05) is 13.2 Å². The van der Waals surface area contributed by atoms with Gasteiger partial charge in [-0.1, -0.05) is 13.8 Å². The minimum absolute atomic E-state index is 0.250. The molecule has 0 heterocycles. The molecule has 5 nitrogen and oxygen atoms in total. The fourth-order valence-electron chi connectivity index (χ4n) is 1.24. The molecule has 0 spiro atoms. The van der Waals surface area contributed by atoms with Gasteiger partial charge in [0, 0.05) is 12.6 Å². The molecular weight excluding hydrogens is 270 g/mol. The van der Waals surface area contributed by atoms with Crippen LogP contribution in [0.2, 0.25) is 0 Å². The first-order valence-corrected chi connectivity index (χ1v) is 6.04. The van der Waals surface area contributed by atoms with Gasteiger partial charge in [0.15, 0.2) is 18.2 Å². The van der Waals surface area contributed by atoms with Crippen molar-refractivity contribution in [2.24, 2.45) is 5.92 Å². The van der Waals surface area contributed by atoms with E-state index in [0.717, 1.165) is 12.1 Å². The lowest BCUT2D eigenvalue weighted by Crippen LogP contribution is -2.42. The van der Waals surface area contributed by atoms with Crippen LogP contribution in [-0.4, -0.2) is 25.1 Å². The highest BCUT2D eigenvalue weighted by atomic mass is 19.1. The van der Waals surface area contributed by atoms with Gasteiger partial charge in [-0.05, 0) is 18.1 Å². The van der Waals surface area contributed by atoms with Crippen LogP contribution >= 0.6 is 0 Å². The van der Waals surface area contributed by atoms with Crippen molar-refractivity contribution in [3.05, 3.63) is 29.8 Å². The van der Waals surface area contributed by atoms with Crippen molar-refractivity contribution >= 4 is 11.9 Å². The molecule has 0 atom stereocenters. The third-order valence-corrected chi connectivity index (χ3v) is 2.18. The van der Waals surface area contributed by atoms with E-state index >= 15 is 0 Å². The van der Waals surface area contributed by atoms with Crippen molar-refractivity contribution in [3.63, 3.8) is 0 Å². The van der Waals surface area contributed by atoms with Gasteiger partial charge >= 0.3 is 6.03 Å². The largest absolute Gasteiger partial charge is 0.481 e. The van der Waals surface area contributed by atoms with Gasteiger partial charge < -0.3 is 10.1 Å². The molecule has 7 heteroatoms. The molecule has 0 radical (unpaired) electrons. The Morgan fingerprint density at radius 3 is 2.60 bits per heavy atom. The van der Waals surface area contributed by atoms with Crippen molar-refractivity contribution in [1.82, 2.24) is 10.6 Å². The second-order valence-corrected chi connectivity index (χ2v) is 4.52. The van der Waals surface area contributed by atoms with E-state index in [4.69, 9.17) is 4.74 Å². The zero-order valence-electron chi connectivity index (χ0n) is 11.2. The number of halogens is 2. The standard InChI is InChI=1S/C13H16F2N2O3/c1-8(2)6-16-13(19)17-12(18)7-20-11-4-3-9(14)5-10(11)15/h3-5,8H,6-7H2,1-2H3,(H2,16,17,18,19). The molecule has 0 aliphatic heterocycles. The maximum absolute atomic E-state index is 13.2. The van der Waals surface area contributed by atoms with Crippen LogP contribution in [-0.2, 0) is 4.79 Å². The summed E-state index contributed by atoms with van der Waals surface area (Å²) >= 11 is 0. The average Bonchev–Trinajstić information content (AvgIpc) is 2.35. The fourth-order valence-corrected chi connectivity index (χ4v) is 1.24. The van der Waals surface area contributed by atoms with Crippen LogP contribution in [0.4, 0.5) is 13.6 Å². The summed E-state index contributed by atoms with van der Waals surface area (Å²) in [6.07, 6.45) is 0. The second-order valence-electron chi connectivity index (χ2n) is 4.52. The normalized spacial score (nSPS) is 10.2. The number of carbonyl (C=O) groups excluding carboxylic acids is 2. The average molecular weight is 286 g/mol. The quantitative estimate of drug-likeness (QED) is 0.867. The van der Waals surface area contributed by atoms with Gasteiger partial charge in [-0.15, -0.1) is 0 Å². The number of urea groups is 1. The summed E-state index contributed by atoms with van der Waals surface area (Å²) in [5.74, 6) is -2.39. The van der Waals surface area contributed by atoms with E-state index in [-0.39, 0.29) is 11.7 Å². The molecule has 0 fully saturated rings. The van der Waals surface area contributed by atoms with Crippen LogP contribution in [0.15, 0.2) is 18.2 Å². The van der Waals surface area contributed by atoms with Gasteiger partial charge in [0.1, 0.15) is 5.82 Å². The lowest BCUT2D eigenvalue weighted by molar-refractivity contribution is -0.122. The number of rotatable bonds is 5. The van der Waals surface area contributed by atoms with E-state index in [0.29, 0.717) is 12.6 Å². The summed E-state index contributed by atoms with van der Waals surface area (Å²) in [5, 5.41) is 4.51. The van der Waals surface area contributed by atoms with Crippen molar-refractivity contribution in [2.45, 2.75) is 13.8 Å². The number of ether oxygens (including phenoxy) is 1. The van der Waals surface area contributed by atoms with Gasteiger partial charge in [-0.3, -0.25) is 10.1 Å². The van der Waals surface area contributed by atoms with Gasteiger partial charge in [-0.25, -0.2) is 13.6 Å². The minimum atomic E-state index is -0.915. The Balaban J connectivity index is 2.38. The number of carbonyl (C=O) groups is 2. The van der Waals surface area contributed by atoms with Crippen molar-refractivity contribution < 1.29 is 23.1 Å². The Bertz CT molecular complexity index is 493. The van der Waals surface area contributed by atoms with Crippen LogP contribution in [0.3, 0.4) is 0 Å². The monoisotopic (exact) mass is 286 g/mol. The lowest BCUT2D eigenvalue weighted by atomic mass is 10.2. The maximum atomic E-state index is 13.2. The summed E-state index contributed by atoms with van der Waals surface area (Å²) in [7, 11) is 0. The number of imide groups is 1. The highest BCUT2D eigenvalue weighted by Gasteiger charge is 2.10. The van der Waals surface area contributed by atoms with Crippen molar-refractivity contribution in [1.29, 1.82) is 0 Å². The predicted octanol–water partition coefficient (Wildman–Crippen LogP) is 1.83. The smallest absolute Gasteiger partial charge is 0.321 e. The molecule has 0 aliphatic carbocycles. The zero-order chi connectivity index (χ0) is 15.1. The van der Waals surface area contributed by atoms with Crippen LogP contribution in [0, 0.1) is 17.6 Å². The first kappa shape index (κ1) is 15.9. The molecule has 0 unspecified atom stereocenters. The first-order chi connectivity index (χ1) is 9.38. The molecule has 110 valence electrons. The Hall–Kier alpha value is -2.18. The van der Waals surface area contributed by atoms with Crippen LogP contribution in [0.5, 0.6) is 5.75 Å². The molecule has 20 heavy (non-hydrogen) atoms.